The second-order valence-electron chi connectivity index (χ2n) is 3.37. The Kier molecular flexibility index (Phi) is 4.56. The number of rotatable bonds is 4. The molecule has 0 aliphatic heterocycles. The number of benzene rings is 1. The SMILES string of the molecule is COC(=O)C(C#N)C(=O)c1ccc(Cl)cc1[N+](=O)[O-]. The fourth-order valence-corrected chi connectivity index (χ4v) is 1.52. The number of carbonyl (C=O) groups is 2. The minimum atomic E-state index is -1.75. The number of methoxy groups -OCH3 is 1. The highest BCUT2D eigenvalue weighted by atomic mass is 35.5. The topological polar surface area (TPSA) is 110 Å². The zero-order valence-electron chi connectivity index (χ0n) is 9.62. The molecule has 8 heteroatoms. The molecule has 1 unspecified atom stereocenters. The molecule has 0 amide bonds. The molecule has 0 heterocycles. The van der Waals surface area contributed by atoms with Crippen molar-refractivity contribution in [2.45, 2.75) is 0 Å². The quantitative estimate of drug-likeness (QED) is 0.273. The Hall–Kier alpha value is -2.46. The van der Waals surface area contributed by atoms with Gasteiger partial charge in [-0.15, -0.1) is 0 Å². The first-order chi connectivity index (χ1) is 8.92. The molecule has 0 fully saturated rings. The van der Waals surface area contributed by atoms with Crippen molar-refractivity contribution >= 4 is 29.0 Å². The maximum absolute atomic E-state index is 11.9. The Bertz CT molecular complexity index is 593. The number of halogens is 1. The van der Waals surface area contributed by atoms with Gasteiger partial charge in [0.25, 0.3) is 5.69 Å². The standard InChI is InChI=1S/C11H7ClN2O5/c1-19-11(16)8(5-13)10(15)7-3-2-6(12)4-9(7)14(17)18/h2-4,8H,1H3. The molecule has 0 aromatic heterocycles. The Morgan fingerprint density at radius 2 is 2.16 bits per heavy atom. The van der Waals surface area contributed by atoms with Gasteiger partial charge in [-0.1, -0.05) is 11.6 Å². The first kappa shape index (κ1) is 14.6. The number of carbonyl (C=O) groups excluding carboxylic acids is 2. The van der Waals surface area contributed by atoms with Crippen molar-refractivity contribution in [1.29, 1.82) is 5.26 Å². The molecule has 98 valence electrons. The number of nitro benzene ring substituents is 1. The van der Waals surface area contributed by atoms with Crippen molar-refractivity contribution in [2.24, 2.45) is 5.92 Å². The van der Waals surface area contributed by atoms with Crippen LogP contribution in [0.5, 0.6) is 0 Å². The van der Waals surface area contributed by atoms with Crippen LogP contribution in [0.15, 0.2) is 18.2 Å². The predicted octanol–water partition coefficient (Wildman–Crippen LogP) is 1.74. The van der Waals surface area contributed by atoms with E-state index in [1.807, 2.05) is 0 Å². The zero-order chi connectivity index (χ0) is 14.6. The number of Topliss-reactive ketones (excluding diaryl/α,β-unsaturated/α-hetero) is 1. The molecule has 1 atom stereocenters. The molecule has 7 nitrogen and oxygen atoms in total. The Morgan fingerprint density at radius 3 is 2.63 bits per heavy atom. The van der Waals surface area contributed by atoms with Crippen molar-refractivity contribution in [1.82, 2.24) is 0 Å². The normalized spacial score (nSPS) is 11.2. The van der Waals surface area contributed by atoms with Crippen LogP contribution < -0.4 is 0 Å². The molecule has 0 aliphatic rings. The van der Waals surface area contributed by atoms with E-state index in [1.54, 1.807) is 0 Å². The lowest BCUT2D eigenvalue weighted by atomic mass is 9.97. The van der Waals surface area contributed by atoms with E-state index in [-0.39, 0.29) is 10.6 Å². The predicted molar refractivity (Wildman–Crippen MR) is 63.6 cm³/mol. The van der Waals surface area contributed by atoms with Gasteiger partial charge in [0, 0.05) is 11.1 Å². The molecule has 0 bridgehead atoms. The summed E-state index contributed by atoms with van der Waals surface area (Å²) in [5.41, 5.74) is -0.937. The largest absolute Gasteiger partial charge is 0.468 e. The first-order valence-corrected chi connectivity index (χ1v) is 5.25. The van der Waals surface area contributed by atoms with E-state index in [2.05, 4.69) is 4.74 Å². The van der Waals surface area contributed by atoms with Crippen LogP contribution in [0, 0.1) is 27.4 Å². The number of esters is 1. The summed E-state index contributed by atoms with van der Waals surface area (Å²) in [4.78, 5) is 33.2. The molecular formula is C11H7ClN2O5. The van der Waals surface area contributed by atoms with Crippen molar-refractivity contribution in [3.8, 4) is 6.07 Å². The van der Waals surface area contributed by atoms with Gasteiger partial charge in [-0.2, -0.15) is 5.26 Å². The summed E-state index contributed by atoms with van der Waals surface area (Å²) >= 11 is 5.60. The van der Waals surface area contributed by atoms with Crippen molar-refractivity contribution < 1.29 is 19.2 Å². The van der Waals surface area contributed by atoms with Crippen LogP contribution in [-0.2, 0) is 9.53 Å². The number of nitro groups is 1. The summed E-state index contributed by atoms with van der Waals surface area (Å²) in [5.74, 6) is -3.82. The van der Waals surface area contributed by atoms with Crippen LogP contribution in [0.25, 0.3) is 0 Å². The minimum absolute atomic E-state index is 0.0647. The van der Waals surface area contributed by atoms with Gasteiger partial charge in [0.1, 0.15) is 0 Å². The van der Waals surface area contributed by atoms with E-state index in [9.17, 15) is 19.7 Å². The van der Waals surface area contributed by atoms with Gasteiger partial charge < -0.3 is 4.74 Å². The maximum Gasteiger partial charge on any atom is 0.331 e. The summed E-state index contributed by atoms with van der Waals surface area (Å²) in [6, 6.07) is 4.78. The van der Waals surface area contributed by atoms with Crippen LogP contribution in [-0.4, -0.2) is 23.8 Å². The summed E-state index contributed by atoms with van der Waals surface area (Å²) in [7, 11) is 1.01. The van der Waals surface area contributed by atoms with Crippen LogP contribution in [0.3, 0.4) is 0 Å². The summed E-state index contributed by atoms with van der Waals surface area (Å²) < 4.78 is 4.29. The Morgan fingerprint density at radius 1 is 1.53 bits per heavy atom. The number of ether oxygens (including phenoxy) is 1. The van der Waals surface area contributed by atoms with E-state index in [0.717, 1.165) is 19.2 Å². The van der Waals surface area contributed by atoms with Crippen LogP contribution in [0.2, 0.25) is 5.02 Å². The summed E-state index contributed by atoms with van der Waals surface area (Å²) in [6.45, 7) is 0. The average Bonchev–Trinajstić information content (AvgIpc) is 2.38. The summed E-state index contributed by atoms with van der Waals surface area (Å²) in [5, 5.41) is 19.7. The number of nitrogens with zero attached hydrogens (tertiary/aromatic N) is 2. The lowest BCUT2D eigenvalue weighted by Gasteiger charge is -2.06. The van der Waals surface area contributed by atoms with E-state index in [0.29, 0.717) is 0 Å². The van der Waals surface area contributed by atoms with Gasteiger partial charge >= 0.3 is 5.97 Å². The van der Waals surface area contributed by atoms with E-state index < -0.39 is 28.3 Å². The minimum Gasteiger partial charge on any atom is -0.468 e. The number of ketones is 1. The molecule has 19 heavy (non-hydrogen) atoms. The second kappa shape index (κ2) is 5.93. The Labute approximate surface area is 112 Å². The van der Waals surface area contributed by atoms with Crippen LogP contribution >= 0.6 is 11.6 Å². The number of hydrogen-bond acceptors (Lipinski definition) is 6. The third-order valence-electron chi connectivity index (χ3n) is 2.25. The monoisotopic (exact) mass is 282 g/mol. The van der Waals surface area contributed by atoms with Crippen LogP contribution in [0.1, 0.15) is 10.4 Å². The van der Waals surface area contributed by atoms with Crippen molar-refractivity contribution in [3.63, 3.8) is 0 Å². The molecule has 0 radical (unpaired) electrons. The third-order valence-corrected chi connectivity index (χ3v) is 2.49. The fourth-order valence-electron chi connectivity index (χ4n) is 1.36. The maximum atomic E-state index is 11.9. The van der Waals surface area contributed by atoms with Gasteiger partial charge in [0.15, 0.2) is 5.78 Å². The van der Waals surface area contributed by atoms with Crippen molar-refractivity contribution in [3.05, 3.63) is 38.9 Å². The highest BCUT2D eigenvalue weighted by Gasteiger charge is 2.33. The van der Waals surface area contributed by atoms with Gasteiger partial charge in [-0.25, -0.2) is 0 Å². The smallest absolute Gasteiger partial charge is 0.331 e. The molecule has 0 N–H and O–H groups in total. The second-order valence-corrected chi connectivity index (χ2v) is 3.80. The highest BCUT2D eigenvalue weighted by Crippen LogP contribution is 2.25. The molecule has 1 aromatic carbocycles. The molecule has 1 rings (SSSR count). The van der Waals surface area contributed by atoms with Crippen LogP contribution in [0.4, 0.5) is 5.69 Å². The number of nitriles is 1. The molecule has 0 aliphatic carbocycles. The molecule has 0 saturated heterocycles. The van der Waals surface area contributed by atoms with Gasteiger partial charge in [-0.05, 0) is 12.1 Å². The van der Waals surface area contributed by atoms with Gasteiger partial charge in [-0.3, -0.25) is 19.7 Å². The van der Waals surface area contributed by atoms with E-state index >= 15 is 0 Å². The number of hydrogen-bond donors (Lipinski definition) is 0. The zero-order valence-corrected chi connectivity index (χ0v) is 10.4. The van der Waals surface area contributed by atoms with Crippen molar-refractivity contribution in [2.75, 3.05) is 7.11 Å². The van der Waals surface area contributed by atoms with Gasteiger partial charge in [0.2, 0.25) is 5.92 Å². The highest BCUT2D eigenvalue weighted by molar-refractivity contribution is 6.31. The Balaban J connectivity index is 3.30. The summed E-state index contributed by atoms with van der Waals surface area (Å²) in [6.07, 6.45) is 0. The van der Waals surface area contributed by atoms with E-state index in [1.165, 1.54) is 12.1 Å². The molecule has 1 aromatic rings. The average molecular weight is 283 g/mol. The fraction of sp³-hybridized carbons (Fsp3) is 0.182. The third kappa shape index (κ3) is 3.05. The molecule has 0 saturated carbocycles. The first-order valence-electron chi connectivity index (χ1n) is 4.88. The lowest BCUT2D eigenvalue weighted by Crippen LogP contribution is -2.24. The lowest BCUT2D eigenvalue weighted by molar-refractivity contribution is -0.385. The molecule has 0 spiro atoms. The van der Waals surface area contributed by atoms with E-state index in [4.69, 9.17) is 16.9 Å². The van der Waals surface area contributed by atoms with Gasteiger partial charge in [0.05, 0.1) is 23.7 Å². The molecular weight excluding hydrogens is 276 g/mol.